The summed E-state index contributed by atoms with van der Waals surface area (Å²) in [4.78, 5) is 11.5. The Morgan fingerprint density at radius 3 is 2.49 bits per heavy atom. The molecule has 3 heterocycles. The molecule has 178 valence electrons. The summed E-state index contributed by atoms with van der Waals surface area (Å²) in [7, 11) is 4.09. The van der Waals surface area contributed by atoms with Crippen molar-refractivity contribution in [3.8, 4) is 22.6 Å². The Bertz CT molecular complexity index is 1380. The molecule has 0 fully saturated rings. The number of anilines is 1. The Morgan fingerprint density at radius 2 is 1.80 bits per heavy atom. The quantitative estimate of drug-likeness (QED) is 0.296. The summed E-state index contributed by atoms with van der Waals surface area (Å²) in [5.41, 5.74) is 4.02. The summed E-state index contributed by atoms with van der Waals surface area (Å²) in [6, 6.07) is 22.4. The molecule has 0 spiro atoms. The summed E-state index contributed by atoms with van der Waals surface area (Å²) >= 11 is 0. The van der Waals surface area contributed by atoms with Crippen LogP contribution >= 0.6 is 0 Å². The Hall–Kier alpha value is -4.10. The fourth-order valence-electron chi connectivity index (χ4n) is 4.31. The maximum atomic E-state index is 5.69. The van der Waals surface area contributed by atoms with E-state index in [1.165, 1.54) is 0 Å². The van der Waals surface area contributed by atoms with Gasteiger partial charge in [0.15, 0.2) is 5.65 Å². The van der Waals surface area contributed by atoms with Crippen LogP contribution in [0.3, 0.4) is 0 Å². The third-order valence-corrected chi connectivity index (χ3v) is 6.05. The van der Waals surface area contributed by atoms with Crippen molar-refractivity contribution in [1.29, 1.82) is 0 Å². The standard InChI is InChI=1S/C28H29N5O2/c1-4-34-22-14-12-21(13-15-22)33-18-23(20-9-6-5-7-10-20)26-27(30-19-31-28(26)33)29-17-24(32(2)3)25-11-8-16-35-25/h5-16,18-19,24H,4,17H2,1-3H3,(H,29,30,31)/t24-/m1/s1. The van der Waals surface area contributed by atoms with Gasteiger partial charge in [-0.2, -0.15) is 0 Å². The first kappa shape index (κ1) is 22.7. The molecule has 1 N–H and O–H groups in total. The highest BCUT2D eigenvalue weighted by Gasteiger charge is 2.21. The van der Waals surface area contributed by atoms with Crippen LogP contribution in [0.1, 0.15) is 18.7 Å². The van der Waals surface area contributed by atoms with E-state index in [2.05, 4.69) is 43.1 Å². The average molecular weight is 468 g/mol. The fourth-order valence-corrected chi connectivity index (χ4v) is 4.31. The molecular weight excluding hydrogens is 438 g/mol. The third-order valence-electron chi connectivity index (χ3n) is 6.05. The molecule has 0 aliphatic heterocycles. The van der Waals surface area contributed by atoms with Crippen molar-refractivity contribution >= 4 is 16.9 Å². The number of nitrogens with zero attached hydrogens (tertiary/aromatic N) is 4. The lowest BCUT2D eigenvalue weighted by atomic mass is 10.1. The summed E-state index contributed by atoms with van der Waals surface area (Å²) in [5.74, 6) is 2.54. The van der Waals surface area contributed by atoms with E-state index >= 15 is 0 Å². The second-order valence-electron chi connectivity index (χ2n) is 8.50. The number of fused-ring (bicyclic) bond motifs is 1. The molecule has 35 heavy (non-hydrogen) atoms. The molecule has 0 radical (unpaired) electrons. The molecule has 0 aliphatic rings. The largest absolute Gasteiger partial charge is 0.494 e. The Morgan fingerprint density at radius 1 is 1.00 bits per heavy atom. The minimum atomic E-state index is 0.0587. The van der Waals surface area contributed by atoms with Gasteiger partial charge in [0.25, 0.3) is 0 Å². The lowest BCUT2D eigenvalue weighted by Gasteiger charge is -2.23. The number of ether oxygens (including phenoxy) is 1. The van der Waals surface area contributed by atoms with Crippen LogP contribution in [0.5, 0.6) is 5.75 Å². The topological polar surface area (TPSA) is 68.3 Å². The SMILES string of the molecule is CCOc1ccc(-n2cc(-c3ccccc3)c3c(NC[C@H](c4ccco4)N(C)C)ncnc32)cc1. The molecule has 0 unspecified atom stereocenters. The van der Waals surface area contributed by atoms with Crippen LogP contribution in [-0.2, 0) is 0 Å². The van der Waals surface area contributed by atoms with Crippen molar-refractivity contribution in [1.82, 2.24) is 19.4 Å². The first-order valence-electron chi connectivity index (χ1n) is 11.7. The van der Waals surface area contributed by atoms with Crippen LogP contribution in [0.4, 0.5) is 5.82 Å². The number of benzene rings is 2. The molecule has 0 amide bonds. The summed E-state index contributed by atoms with van der Waals surface area (Å²) in [5, 5.41) is 4.55. The second-order valence-corrected chi connectivity index (χ2v) is 8.50. The molecule has 5 rings (SSSR count). The Balaban J connectivity index is 1.59. The van der Waals surface area contributed by atoms with E-state index < -0.39 is 0 Å². The molecule has 0 saturated carbocycles. The Labute approximate surface area is 205 Å². The highest BCUT2D eigenvalue weighted by molar-refractivity contribution is 6.02. The Kier molecular flexibility index (Phi) is 6.50. The third kappa shape index (κ3) is 4.63. The first-order valence-corrected chi connectivity index (χ1v) is 11.7. The highest BCUT2D eigenvalue weighted by Crippen LogP contribution is 2.36. The number of aromatic nitrogens is 3. The van der Waals surface area contributed by atoms with E-state index in [9.17, 15) is 0 Å². The van der Waals surface area contributed by atoms with Gasteiger partial charge in [0, 0.05) is 24.0 Å². The number of hydrogen-bond acceptors (Lipinski definition) is 6. The molecule has 0 saturated heterocycles. The molecule has 1 atom stereocenters. The monoisotopic (exact) mass is 467 g/mol. The average Bonchev–Trinajstić information content (AvgIpc) is 3.54. The minimum Gasteiger partial charge on any atom is -0.494 e. The number of nitrogens with one attached hydrogen (secondary N) is 1. The van der Waals surface area contributed by atoms with E-state index in [-0.39, 0.29) is 6.04 Å². The number of rotatable bonds is 9. The van der Waals surface area contributed by atoms with Crippen molar-refractivity contribution in [2.24, 2.45) is 0 Å². The number of likely N-dealkylation sites (N-methyl/N-ethyl adjacent to an activating group) is 1. The second kappa shape index (κ2) is 10.0. The molecular formula is C28H29N5O2. The van der Waals surface area contributed by atoms with Crippen LogP contribution in [0.25, 0.3) is 27.8 Å². The molecule has 5 aromatic rings. The van der Waals surface area contributed by atoms with Gasteiger partial charge in [0.1, 0.15) is 23.7 Å². The smallest absolute Gasteiger partial charge is 0.150 e. The lowest BCUT2D eigenvalue weighted by Crippen LogP contribution is -2.26. The predicted octanol–water partition coefficient (Wildman–Crippen LogP) is 5.79. The summed E-state index contributed by atoms with van der Waals surface area (Å²) in [6.07, 6.45) is 5.45. The normalized spacial score (nSPS) is 12.2. The summed E-state index contributed by atoms with van der Waals surface area (Å²) < 4.78 is 13.4. The van der Waals surface area contributed by atoms with Crippen molar-refractivity contribution in [3.63, 3.8) is 0 Å². The zero-order valence-corrected chi connectivity index (χ0v) is 20.2. The first-order chi connectivity index (χ1) is 17.2. The molecule has 7 heteroatoms. The van der Waals surface area contributed by atoms with Gasteiger partial charge < -0.3 is 19.0 Å². The van der Waals surface area contributed by atoms with Gasteiger partial charge in [-0.1, -0.05) is 30.3 Å². The predicted molar refractivity (Wildman–Crippen MR) is 139 cm³/mol. The lowest BCUT2D eigenvalue weighted by molar-refractivity contribution is 0.269. The number of furan rings is 1. The van der Waals surface area contributed by atoms with E-state index in [1.54, 1.807) is 12.6 Å². The van der Waals surface area contributed by atoms with Crippen LogP contribution < -0.4 is 10.1 Å². The van der Waals surface area contributed by atoms with Gasteiger partial charge in [-0.05, 0) is 63.0 Å². The van der Waals surface area contributed by atoms with Crippen molar-refractivity contribution in [3.05, 3.63) is 91.3 Å². The fraction of sp³-hybridized carbons (Fsp3) is 0.214. The molecule has 7 nitrogen and oxygen atoms in total. The van der Waals surface area contributed by atoms with E-state index in [0.29, 0.717) is 13.2 Å². The molecule has 3 aromatic heterocycles. The van der Waals surface area contributed by atoms with Gasteiger partial charge in [-0.15, -0.1) is 0 Å². The van der Waals surface area contributed by atoms with Crippen LogP contribution in [0.2, 0.25) is 0 Å². The van der Waals surface area contributed by atoms with Gasteiger partial charge in [-0.25, -0.2) is 9.97 Å². The summed E-state index contributed by atoms with van der Waals surface area (Å²) in [6.45, 7) is 3.25. The highest BCUT2D eigenvalue weighted by atomic mass is 16.5. The van der Waals surface area contributed by atoms with Crippen LogP contribution in [0.15, 0.2) is 89.9 Å². The molecule has 0 bridgehead atoms. The van der Waals surface area contributed by atoms with Gasteiger partial charge in [-0.3, -0.25) is 4.90 Å². The maximum absolute atomic E-state index is 5.69. The number of hydrogen-bond donors (Lipinski definition) is 1. The zero-order chi connectivity index (χ0) is 24.2. The molecule has 2 aromatic carbocycles. The van der Waals surface area contributed by atoms with E-state index in [0.717, 1.165) is 45.2 Å². The minimum absolute atomic E-state index is 0.0587. The van der Waals surface area contributed by atoms with E-state index in [1.807, 2.05) is 75.6 Å². The van der Waals surface area contributed by atoms with E-state index in [4.69, 9.17) is 9.15 Å². The van der Waals surface area contributed by atoms with Crippen LogP contribution in [0, 0.1) is 0 Å². The zero-order valence-electron chi connectivity index (χ0n) is 20.2. The van der Waals surface area contributed by atoms with Gasteiger partial charge in [0.05, 0.1) is 24.3 Å². The molecule has 0 aliphatic carbocycles. The van der Waals surface area contributed by atoms with Gasteiger partial charge >= 0.3 is 0 Å². The van der Waals surface area contributed by atoms with Crippen molar-refractivity contribution in [2.45, 2.75) is 13.0 Å². The van der Waals surface area contributed by atoms with Crippen molar-refractivity contribution < 1.29 is 9.15 Å². The maximum Gasteiger partial charge on any atom is 0.150 e. The van der Waals surface area contributed by atoms with Crippen LogP contribution in [-0.4, -0.2) is 46.7 Å². The van der Waals surface area contributed by atoms with Crippen molar-refractivity contribution in [2.75, 3.05) is 32.6 Å². The van der Waals surface area contributed by atoms with Gasteiger partial charge in [0.2, 0.25) is 0 Å².